The molecule has 0 N–H and O–H groups in total. The number of pyridine rings is 2. The van der Waals surface area contributed by atoms with Crippen LogP contribution in [-0.2, 0) is 87.0 Å². The standard InChI is InChI=1S/C65H66N2O11/c1-68-64-63(75-44-52-33-18-7-19-34-52)61(59(72-41-49-27-12-4-13-28-49)55(76-64)45-69-39-47-23-8-2-9-24-47)78-65-62(74-43-51-31-16-6-17-32-51)60(73-42-50-29-14-5-15-30-50)58(71-40-48-25-10-3-11-26-48)56(77-65)46-70-57-37-22-36-54(67-57)53-35-20-21-38-66-53/h2-38,55-56,58-65H,39-46H2,1H3/t55-,56-,58-,59-,60+,61+,62-,63-,64+,65?/m1/s1. The van der Waals surface area contributed by atoms with E-state index in [9.17, 15) is 0 Å². The summed E-state index contributed by atoms with van der Waals surface area (Å²) in [5, 5.41) is 0. The van der Waals surface area contributed by atoms with E-state index in [1.165, 1.54) is 0 Å². The van der Waals surface area contributed by atoms with Crippen LogP contribution in [0.15, 0.2) is 225 Å². The third kappa shape index (κ3) is 15.2. The molecule has 1 unspecified atom stereocenters. The maximum absolute atomic E-state index is 7.59. The molecule has 4 heterocycles. The first kappa shape index (κ1) is 54.4. The normalized spacial score (nSPS) is 23.1. The Hall–Kier alpha value is -6.98. The summed E-state index contributed by atoms with van der Waals surface area (Å²) in [7, 11) is 1.60. The molecule has 10 atom stereocenters. The average molecular weight is 1050 g/mol. The van der Waals surface area contributed by atoms with Crippen molar-refractivity contribution in [3.8, 4) is 17.3 Å². The third-order valence-electron chi connectivity index (χ3n) is 13.6. The highest BCUT2D eigenvalue weighted by Gasteiger charge is 2.55. The molecule has 78 heavy (non-hydrogen) atoms. The molecule has 2 fully saturated rings. The second-order valence-electron chi connectivity index (χ2n) is 19.1. The van der Waals surface area contributed by atoms with E-state index < -0.39 is 61.4 Å². The molecular formula is C65H66N2O11. The topological polar surface area (TPSA) is 127 Å². The van der Waals surface area contributed by atoms with Crippen LogP contribution in [0.5, 0.6) is 5.88 Å². The minimum Gasteiger partial charge on any atom is -0.475 e. The highest BCUT2D eigenvalue weighted by Crippen LogP contribution is 2.37. The Morgan fingerprint density at radius 1 is 0.359 bits per heavy atom. The lowest BCUT2D eigenvalue weighted by atomic mass is 9.95. The second kappa shape index (κ2) is 28.6. The van der Waals surface area contributed by atoms with Gasteiger partial charge in [0.1, 0.15) is 55.4 Å². The molecule has 0 radical (unpaired) electrons. The van der Waals surface area contributed by atoms with Crippen LogP contribution in [0.1, 0.15) is 33.4 Å². The fourth-order valence-electron chi connectivity index (χ4n) is 9.60. The van der Waals surface area contributed by atoms with E-state index in [0.717, 1.165) is 33.4 Å². The number of hydrogen-bond acceptors (Lipinski definition) is 13. The highest BCUT2D eigenvalue weighted by molar-refractivity contribution is 5.54. The molecule has 13 nitrogen and oxygen atoms in total. The minimum absolute atomic E-state index is 0.0130. The van der Waals surface area contributed by atoms with Crippen LogP contribution in [0.4, 0.5) is 0 Å². The first-order valence-corrected chi connectivity index (χ1v) is 26.5. The Morgan fingerprint density at radius 2 is 0.756 bits per heavy atom. The first-order chi connectivity index (χ1) is 38.6. The van der Waals surface area contributed by atoms with Crippen molar-refractivity contribution in [2.75, 3.05) is 20.3 Å². The van der Waals surface area contributed by atoms with Gasteiger partial charge in [-0.25, -0.2) is 4.98 Å². The summed E-state index contributed by atoms with van der Waals surface area (Å²) in [4.78, 5) is 9.41. The van der Waals surface area contributed by atoms with E-state index >= 15 is 0 Å². The van der Waals surface area contributed by atoms with Gasteiger partial charge in [-0.15, -0.1) is 0 Å². The number of rotatable bonds is 26. The van der Waals surface area contributed by atoms with E-state index in [-0.39, 0.29) is 46.2 Å². The fraction of sp³-hybridized carbons (Fsp3) is 0.292. The molecule has 402 valence electrons. The maximum Gasteiger partial charge on any atom is 0.213 e. The molecule has 2 aromatic heterocycles. The van der Waals surface area contributed by atoms with Crippen molar-refractivity contribution in [3.63, 3.8) is 0 Å². The molecule has 2 aliphatic rings. The smallest absolute Gasteiger partial charge is 0.213 e. The van der Waals surface area contributed by atoms with Crippen molar-refractivity contribution in [1.29, 1.82) is 0 Å². The molecule has 0 amide bonds. The van der Waals surface area contributed by atoms with Gasteiger partial charge in [-0.05, 0) is 51.6 Å². The lowest BCUT2D eigenvalue weighted by Gasteiger charge is -2.50. The Labute approximate surface area is 456 Å². The van der Waals surface area contributed by atoms with Crippen LogP contribution in [0, 0.1) is 0 Å². The van der Waals surface area contributed by atoms with E-state index in [1.54, 1.807) is 13.3 Å². The third-order valence-corrected chi connectivity index (χ3v) is 13.6. The molecule has 8 aromatic rings. The van der Waals surface area contributed by atoms with E-state index in [2.05, 4.69) is 4.98 Å². The fourth-order valence-corrected chi connectivity index (χ4v) is 9.60. The largest absolute Gasteiger partial charge is 0.475 e. The summed E-state index contributed by atoms with van der Waals surface area (Å²) >= 11 is 0. The zero-order chi connectivity index (χ0) is 53.0. The van der Waals surface area contributed by atoms with Gasteiger partial charge in [0.25, 0.3) is 0 Å². The number of benzene rings is 6. The summed E-state index contributed by atoms with van der Waals surface area (Å²) in [5.74, 6) is 0.375. The van der Waals surface area contributed by atoms with E-state index in [1.807, 2.05) is 218 Å². The van der Waals surface area contributed by atoms with Crippen molar-refractivity contribution >= 4 is 0 Å². The van der Waals surface area contributed by atoms with Gasteiger partial charge in [0.05, 0.1) is 57.6 Å². The Balaban J connectivity index is 1.05. The van der Waals surface area contributed by atoms with Crippen molar-refractivity contribution in [2.45, 2.75) is 101 Å². The monoisotopic (exact) mass is 1050 g/mol. The average Bonchev–Trinajstić information content (AvgIpc) is 3.60. The predicted octanol–water partition coefficient (Wildman–Crippen LogP) is 11.1. The van der Waals surface area contributed by atoms with Gasteiger partial charge >= 0.3 is 0 Å². The van der Waals surface area contributed by atoms with Crippen LogP contribution in [0.2, 0.25) is 0 Å². The summed E-state index contributed by atoms with van der Waals surface area (Å²) < 4.78 is 76.4. The zero-order valence-corrected chi connectivity index (χ0v) is 43.7. The Bertz CT molecular complexity index is 2940. The molecule has 13 heteroatoms. The summed E-state index contributed by atoms with van der Waals surface area (Å²) in [6.07, 6.45) is -7.01. The van der Waals surface area contributed by atoms with Gasteiger partial charge in [0.2, 0.25) is 5.88 Å². The van der Waals surface area contributed by atoms with Gasteiger partial charge in [0, 0.05) is 19.4 Å². The van der Waals surface area contributed by atoms with Gasteiger partial charge in [-0.1, -0.05) is 194 Å². The summed E-state index contributed by atoms with van der Waals surface area (Å²) in [6, 6.07) is 71.3. The van der Waals surface area contributed by atoms with Crippen molar-refractivity contribution < 1.29 is 52.1 Å². The molecule has 0 saturated carbocycles. The SMILES string of the molecule is CO[C@H]1O[C@H](COCc2ccccc2)[C@@H](OCc2ccccc2)[C@H](OC2O[C@H](COc3cccc(-c4ccccn4)n3)[C@@H](OCc3ccccc3)[C@H](OCc3ccccc3)[C@H]2OCc2ccccc2)[C@H]1OCc1ccccc1. The summed E-state index contributed by atoms with van der Waals surface area (Å²) in [5.41, 5.74) is 7.16. The number of ether oxygens (including phenoxy) is 11. The van der Waals surface area contributed by atoms with Crippen LogP contribution in [0.25, 0.3) is 11.4 Å². The van der Waals surface area contributed by atoms with Gasteiger partial charge < -0.3 is 52.1 Å². The van der Waals surface area contributed by atoms with E-state index in [4.69, 9.17) is 57.1 Å². The molecule has 0 aliphatic carbocycles. The molecule has 2 aliphatic heterocycles. The van der Waals surface area contributed by atoms with Crippen LogP contribution in [0.3, 0.4) is 0 Å². The van der Waals surface area contributed by atoms with Crippen LogP contribution < -0.4 is 4.74 Å². The highest BCUT2D eigenvalue weighted by atomic mass is 16.8. The predicted molar refractivity (Wildman–Crippen MR) is 293 cm³/mol. The van der Waals surface area contributed by atoms with Crippen molar-refractivity contribution in [2.24, 2.45) is 0 Å². The number of nitrogens with zero attached hydrogens (tertiary/aromatic N) is 2. The zero-order valence-electron chi connectivity index (χ0n) is 43.7. The number of methoxy groups -OCH3 is 1. The van der Waals surface area contributed by atoms with Crippen molar-refractivity contribution in [3.05, 3.63) is 258 Å². The van der Waals surface area contributed by atoms with Gasteiger partial charge in [-0.2, -0.15) is 0 Å². The second-order valence-corrected chi connectivity index (χ2v) is 19.1. The first-order valence-electron chi connectivity index (χ1n) is 26.5. The molecular weight excluding hydrogens is 985 g/mol. The number of hydrogen-bond donors (Lipinski definition) is 0. The van der Waals surface area contributed by atoms with Crippen molar-refractivity contribution in [1.82, 2.24) is 9.97 Å². The van der Waals surface area contributed by atoms with Crippen LogP contribution in [-0.4, -0.2) is 91.7 Å². The maximum atomic E-state index is 7.59. The van der Waals surface area contributed by atoms with E-state index in [0.29, 0.717) is 23.9 Å². The van der Waals surface area contributed by atoms with Crippen LogP contribution >= 0.6 is 0 Å². The van der Waals surface area contributed by atoms with Gasteiger partial charge in [-0.3, -0.25) is 4.98 Å². The summed E-state index contributed by atoms with van der Waals surface area (Å²) in [6.45, 7) is 1.58. The molecule has 0 bridgehead atoms. The quantitative estimate of drug-likeness (QED) is 0.0511. The molecule has 10 rings (SSSR count). The molecule has 6 aromatic carbocycles. The lowest BCUT2D eigenvalue weighted by Crippen LogP contribution is -2.66. The lowest BCUT2D eigenvalue weighted by molar-refractivity contribution is -0.376. The molecule has 2 saturated heterocycles. The van der Waals surface area contributed by atoms with Gasteiger partial charge in [0.15, 0.2) is 12.6 Å². The Morgan fingerprint density at radius 3 is 1.23 bits per heavy atom. The Kier molecular flexibility index (Phi) is 19.9. The number of aromatic nitrogens is 2. The minimum atomic E-state index is -1.16. The molecule has 0 spiro atoms.